The van der Waals surface area contributed by atoms with Crippen molar-refractivity contribution in [2.75, 3.05) is 0 Å². The molecule has 4 unspecified atom stereocenters. The molecular weight excluding hydrogens is 342 g/mol. The fourth-order valence-electron chi connectivity index (χ4n) is 1.71. The minimum Gasteiger partial charge on any atom is -0.546 e. The number of rotatable bonds is 12. The standard InChI is InChI=1S/C16H26NO5Si2/c1-11(21-23-4)9-7-6-8-10-14(22-24-5)12(2)15(18)17-13(3)16(19)20/h6-8,10-14H,4,9H2,1-3,5H3,(H,17,18)(H,19,20)/b7-6+,10-8+. The lowest BCUT2D eigenvalue weighted by Crippen LogP contribution is -2.44. The summed E-state index contributed by atoms with van der Waals surface area (Å²) in [6.07, 6.45) is 11.6. The van der Waals surface area contributed by atoms with Gasteiger partial charge < -0.3 is 19.3 Å². The molecule has 0 fully saturated rings. The molecule has 0 aliphatic carbocycles. The van der Waals surface area contributed by atoms with Gasteiger partial charge in [0.1, 0.15) is 6.04 Å². The molecule has 0 aromatic carbocycles. The number of carboxylic acids is 1. The quantitative estimate of drug-likeness (QED) is 0.400. The Bertz CT molecular complexity index is 467. The SMILES string of the molecule is C=[Si]OC(C)C/C=C/C=C/C(O[Si]C)C(C)C(=O)NC(C)C(=O)O. The Balaban J connectivity index is 4.63. The third-order valence-electron chi connectivity index (χ3n) is 3.19. The Hall–Kier alpha value is -1.52. The van der Waals surface area contributed by atoms with Crippen LogP contribution in [0.5, 0.6) is 0 Å². The maximum absolute atomic E-state index is 12.1. The fourth-order valence-corrected chi connectivity index (χ4v) is 2.65. The van der Waals surface area contributed by atoms with E-state index in [1.807, 2.05) is 31.7 Å². The number of amides is 1. The van der Waals surface area contributed by atoms with Crippen LogP contribution in [0.2, 0.25) is 6.55 Å². The predicted molar refractivity (Wildman–Crippen MR) is 97.2 cm³/mol. The molecule has 0 saturated carbocycles. The van der Waals surface area contributed by atoms with Gasteiger partial charge in [0.25, 0.3) is 9.38 Å². The first-order chi connectivity index (χ1) is 11.3. The van der Waals surface area contributed by atoms with Crippen molar-refractivity contribution < 1.29 is 23.5 Å². The molecule has 4 atom stereocenters. The number of allylic oxidation sites excluding steroid dienone is 2. The number of carboxylic acid groups (broad SMARTS) is 1. The lowest BCUT2D eigenvalue weighted by atomic mass is 10.0. The first-order valence-corrected chi connectivity index (χ1v) is 10.2. The summed E-state index contributed by atoms with van der Waals surface area (Å²) in [7, 11) is 0.453. The number of hydrogen-bond acceptors (Lipinski definition) is 4. The van der Waals surface area contributed by atoms with Gasteiger partial charge in [-0.3, -0.25) is 9.59 Å². The zero-order valence-electron chi connectivity index (χ0n) is 14.6. The number of hydrogen-bond donors (Lipinski definition) is 2. The molecule has 0 aromatic heterocycles. The Morgan fingerprint density at radius 3 is 2.46 bits per heavy atom. The Kier molecular flexibility index (Phi) is 12.0. The average molecular weight is 369 g/mol. The molecule has 0 aliphatic heterocycles. The molecule has 24 heavy (non-hydrogen) atoms. The van der Waals surface area contributed by atoms with Crippen molar-refractivity contribution >= 4 is 37.2 Å². The zero-order chi connectivity index (χ0) is 18.5. The van der Waals surface area contributed by atoms with E-state index in [2.05, 4.69) is 11.5 Å². The zero-order valence-corrected chi connectivity index (χ0v) is 16.6. The highest BCUT2D eigenvalue weighted by Gasteiger charge is 2.24. The highest BCUT2D eigenvalue weighted by molar-refractivity contribution is 6.33. The highest BCUT2D eigenvalue weighted by Crippen LogP contribution is 2.10. The highest BCUT2D eigenvalue weighted by atomic mass is 28.2. The summed E-state index contributed by atoms with van der Waals surface area (Å²) in [5.41, 5.74) is 0. The van der Waals surface area contributed by atoms with Crippen molar-refractivity contribution in [2.45, 2.75) is 52.0 Å². The molecule has 0 aliphatic rings. The second-order valence-electron chi connectivity index (χ2n) is 5.27. The van der Waals surface area contributed by atoms with Crippen molar-refractivity contribution in [3.05, 3.63) is 24.3 Å². The van der Waals surface area contributed by atoms with E-state index in [1.54, 1.807) is 13.0 Å². The number of aliphatic carboxylic acids is 1. The maximum Gasteiger partial charge on any atom is 0.325 e. The van der Waals surface area contributed by atoms with Gasteiger partial charge in [0, 0.05) is 6.42 Å². The molecule has 6 nitrogen and oxygen atoms in total. The van der Waals surface area contributed by atoms with E-state index in [1.165, 1.54) is 6.92 Å². The molecule has 0 heterocycles. The maximum atomic E-state index is 12.1. The average Bonchev–Trinajstić information content (AvgIpc) is 2.52. The molecule has 0 saturated heterocycles. The van der Waals surface area contributed by atoms with Crippen LogP contribution in [0.25, 0.3) is 0 Å². The fraction of sp³-hybridized carbons (Fsp3) is 0.562. The van der Waals surface area contributed by atoms with Crippen LogP contribution >= 0.6 is 0 Å². The van der Waals surface area contributed by atoms with Crippen LogP contribution in [0.15, 0.2) is 24.3 Å². The summed E-state index contributed by atoms with van der Waals surface area (Å²) < 4.78 is 11.0. The molecule has 133 valence electrons. The van der Waals surface area contributed by atoms with Gasteiger partial charge in [-0.1, -0.05) is 37.4 Å². The second kappa shape index (κ2) is 12.9. The van der Waals surface area contributed by atoms with Crippen LogP contribution < -0.4 is 5.32 Å². The normalized spacial score (nSPS) is 16.5. The number of carbonyl (C=O) groups is 2. The Labute approximate surface area is 148 Å². The molecule has 2 N–H and O–H groups in total. The largest absolute Gasteiger partial charge is 0.546 e. The van der Waals surface area contributed by atoms with Gasteiger partial charge >= 0.3 is 5.97 Å². The summed E-state index contributed by atoms with van der Waals surface area (Å²) >= 11 is 0. The van der Waals surface area contributed by atoms with Gasteiger partial charge in [-0.05, 0) is 20.4 Å². The van der Waals surface area contributed by atoms with Crippen LogP contribution in [0, 0.1) is 5.92 Å². The molecule has 1 amide bonds. The summed E-state index contributed by atoms with van der Waals surface area (Å²) in [5.74, 6) is -1.90. The van der Waals surface area contributed by atoms with Gasteiger partial charge in [0.05, 0.1) is 18.1 Å². The van der Waals surface area contributed by atoms with E-state index in [9.17, 15) is 9.59 Å². The number of carbonyl (C=O) groups excluding carboxylic acids is 1. The molecule has 8 heteroatoms. The lowest BCUT2D eigenvalue weighted by molar-refractivity contribution is -0.142. The second-order valence-corrected chi connectivity index (χ2v) is 6.43. The van der Waals surface area contributed by atoms with E-state index in [4.69, 9.17) is 14.0 Å². The topological polar surface area (TPSA) is 84.9 Å². The smallest absolute Gasteiger partial charge is 0.325 e. The molecule has 0 bridgehead atoms. The van der Waals surface area contributed by atoms with Gasteiger partial charge in [0.15, 0.2) is 0 Å². The molecule has 0 aromatic rings. The van der Waals surface area contributed by atoms with Gasteiger partial charge in [0.2, 0.25) is 15.7 Å². The van der Waals surface area contributed by atoms with Gasteiger partial charge in [-0.2, -0.15) is 0 Å². The van der Waals surface area contributed by atoms with Crippen molar-refractivity contribution in [3.8, 4) is 0 Å². The summed E-state index contributed by atoms with van der Waals surface area (Å²) in [6.45, 7) is 7.00. The third kappa shape index (κ3) is 9.58. The lowest BCUT2D eigenvalue weighted by Gasteiger charge is -2.21. The summed E-state index contributed by atoms with van der Waals surface area (Å²) in [4.78, 5) is 22.9. The molecule has 0 spiro atoms. The van der Waals surface area contributed by atoms with E-state index in [0.717, 1.165) is 6.42 Å². The van der Waals surface area contributed by atoms with Crippen molar-refractivity contribution in [1.29, 1.82) is 0 Å². The summed E-state index contributed by atoms with van der Waals surface area (Å²) in [5, 5.41) is 11.3. The molecule has 0 rings (SSSR count). The van der Waals surface area contributed by atoms with Crippen molar-refractivity contribution in [3.63, 3.8) is 0 Å². The van der Waals surface area contributed by atoms with E-state index < -0.39 is 24.0 Å². The predicted octanol–water partition coefficient (Wildman–Crippen LogP) is 1.22. The van der Waals surface area contributed by atoms with Crippen LogP contribution in [-0.2, 0) is 18.4 Å². The van der Waals surface area contributed by atoms with Crippen molar-refractivity contribution in [1.82, 2.24) is 5.32 Å². The van der Waals surface area contributed by atoms with E-state index >= 15 is 0 Å². The van der Waals surface area contributed by atoms with Crippen LogP contribution in [0.4, 0.5) is 0 Å². The third-order valence-corrected chi connectivity index (χ3v) is 4.27. The minimum atomic E-state index is -1.07. The Morgan fingerprint density at radius 1 is 1.25 bits per heavy atom. The van der Waals surface area contributed by atoms with Crippen LogP contribution in [0.1, 0.15) is 27.2 Å². The molecular formula is C16H26NO5Si2. The van der Waals surface area contributed by atoms with Gasteiger partial charge in [-0.25, -0.2) is 0 Å². The first kappa shape index (κ1) is 22.5. The first-order valence-electron chi connectivity index (χ1n) is 7.70. The summed E-state index contributed by atoms with van der Waals surface area (Å²) in [6, 6.07) is -0.927. The van der Waals surface area contributed by atoms with Crippen molar-refractivity contribution in [2.24, 2.45) is 5.92 Å². The number of nitrogens with one attached hydrogen (secondary N) is 1. The van der Waals surface area contributed by atoms with Gasteiger partial charge in [-0.15, -0.1) is 0 Å². The van der Waals surface area contributed by atoms with Crippen LogP contribution in [0.3, 0.4) is 0 Å². The monoisotopic (exact) mass is 368 g/mol. The molecule has 3 radical (unpaired) electrons. The van der Waals surface area contributed by atoms with E-state index in [-0.39, 0.29) is 31.1 Å². The van der Waals surface area contributed by atoms with E-state index in [0.29, 0.717) is 0 Å². The minimum absolute atomic E-state index is 0.122. The Morgan fingerprint density at radius 2 is 1.92 bits per heavy atom. The van der Waals surface area contributed by atoms with Crippen LogP contribution in [-0.4, -0.2) is 60.5 Å².